The van der Waals surface area contributed by atoms with Crippen molar-refractivity contribution in [1.82, 2.24) is 14.9 Å². The van der Waals surface area contributed by atoms with E-state index in [-0.39, 0.29) is 28.0 Å². The van der Waals surface area contributed by atoms with E-state index in [9.17, 15) is 14.3 Å². The first kappa shape index (κ1) is 23.5. The van der Waals surface area contributed by atoms with Crippen molar-refractivity contribution < 1.29 is 19.0 Å². The number of para-hydroxylation sites is 1. The van der Waals surface area contributed by atoms with Crippen LogP contribution in [0.3, 0.4) is 0 Å². The van der Waals surface area contributed by atoms with Gasteiger partial charge in [0, 0.05) is 31.4 Å². The summed E-state index contributed by atoms with van der Waals surface area (Å²) in [5.74, 6) is -1.64. The molecule has 2 unspecified atom stereocenters. The molecule has 8 nitrogen and oxygen atoms in total. The predicted octanol–water partition coefficient (Wildman–Crippen LogP) is 5.16. The molecule has 3 N–H and O–H groups in total. The van der Waals surface area contributed by atoms with Gasteiger partial charge in [-0.25, -0.2) is 14.2 Å². The lowest BCUT2D eigenvalue weighted by atomic mass is 9.92. The number of methoxy groups -OCH3 is 1. The number of benzene rings is 2. The Hall–Kier alpha value is -3.27. The van der Waals surface area contributed by atoms with Crippen LogP contribution in [0.2, 0.25) is 5.02 Å². The molecule has 2 aliphatic rings. The minimum Gasteiger partial charge on any atom is -0.478 e. The summed E-state index contributed by atoms with van der Waals surface area (Å²) >= 11 is 6.23. The Morgan fingerprint density at radius 3 is 2.94 bits per heavy atom. The topological polar surface area (TPSA) is 99.6 Å². The fourth-order valence-electron chi connectivity index (χ4n) is 5.04. The molecule has 0 radical (unpaired) electrons. The first-order valence-corrected chi connectivity index (χ1v) is 11.8. The number of anilines is 4. The first-order chi connectivity index (χ1) is 16.9. The Morgan fingerprint density at radius 2 is 2.14 bits per heavy atom. The molecular formula is C25H25ClFN5O3. The van der Waals surface area contributed by atoms with Gasteiger partial charge < -0.3 is 20.5 Å². The van der Waals surface area contributed by atoms with Gasteiger partial charge in [-0.2, -0.15) is 4.98 Å². The number of carboxylic acids is 1. The highest BCUT2D eigenvalue weighted by atomic mass is 35.5. The van der Waals surface area contributed by atoms with Gasteiger partial charge in [0.2, 0.25) is 5.95 Å². The third-order valence-corrected chi connectivity index (χ3v) is 6.92. The molecule has 3 aromatic rings. The predicted molar refractivity (Wildman–Crippen MR) is 131 cm³/mol. The standard InChI is InChI=1S/C25H25ClFN5O3/c1-35-10-9-32-16-7-8-21(32)18-12-15(6-5-14(18)11-16)29-25-28-13-19(26)23(31-25)30-22-17(24(33)34)3-2-4-20(22)27/h2-6,12-13,16,21H,7-11H2,1H3,(H,33,34)(H2,28,29,30,31). The number of fused-ring (bicyclic) bond motifs is 4. The van der Waals surface area contributed by atoms with Gasteiger partial charge in [0.25, 0.3) is 0 Å². The van der Waals surface area contributed by atoms with Crippen molar-refractivity contribution >= 4 is 40.7 Å². The third-order valence-electron chi connectivity index (χ3n) is 6.64. The Labute approximate surface area is 207 Å². The monoisotopic (exact) mass is 497 g/mol. The molecule has 35 heavy (non-hydrogen) atoms. The number of carboxylic acid groups (broad SMARTS) is 1. The zero-order valence-corrected chi connectivity index (χ0v) is 19.8. The van der Waals surface area contributed by atoms with E-state index in [2.05, 4.69) is 37.6 Å². The van der Waals surface area contributed by atoms with Crippen molar-refractivity contribution in [1.29, 1.82) is 0 Å². The molecule has 1 aromatic heterocycles. The largest absolute Gasteiger partial charge is 0.478 e. The van der Waals surface area contributed by atoms with Gasteiger partial charge in [0.15, 0.2) is 5.82 Å². The fourth-order valence-corrected chi connectivity index (χ4v) is 5.18. The van der Waals surface area contributed by atoms with Crippen LogP contribution in [0.1, 0.15) is 40.4 Å². The van der Waals surface area contributed by atoms with Gasteiger partial charge in [-0.1, -0.05) is 23.7 Å². The zero-order chi connectivity index (χ0) is 24.5. The molecule has 10 heteroatoms. The number of hydrogen-bond acceptors (Lipinski definition) is 7. The molecule has 2 aliphatic heterocycles. The highest BCUT2D eigenvalue weighted by Gasteiger charge is 2.39. The Balaban J connectivity index is 1.39. The van der Waals surface area contributed by atoms with E-state index in [1.54, 1.807) is 7.11 Å². The zero-order valence-electron chi connectivity index (χ0n) is 19.1. The van der Waals surface area contributed by atoms with Gasteiger partial charge in [-0.05, 0) is 54.7 Å². The number of nitrogens with zero attached hydrogens (tertiary/aromatic N) is 3. The molecule has 0 amide bonds. The van der Waals surface area contributed by atoms with Gasteiger partial charge in [-0.15, -0.1) is 0 Å². The third kappa shape index (κ3) is 4.67. The number of nitrogens with one attached hydrogen (secondary N) is 2. The molecule has 2 atom stereocenters. The molecule has 0 aliphatic carbocycles. The molecule has 2 aromatic carbocycles. The number of halogens is 2. The van der Waals surface area contributed by atoms with E-state index in [1.165, 1.54) is 41.9 Å². The summed E-state index contributed by atoms with van der Waals surface area (Å²) < 4.78 is 19.7. The molecule has 1 fully saturated rings. The molecule has 0 saturated carbocycles. The van der Waals surface area contributed by atoms with Crippen LogP contribution < -0.4 is 10.6 Å². The summed E-state index contributed by atoms with van der Waals surface area (Å²) in [7, 11) is 1.73. The number of rotatable bonds is 8. The lowest BCUT2D eigenvalue weighted by Crippen LogP contribution is -2.39. The molecular weight excluding hydrogens is 473 g/mol. The number of aromatic carboxylic acids is 1. The van der Waals surface area contributed by atoms with Crippen LogP contribution in [-0.4, -0.2) is 52.2 Å². The van der Waals surface area contributed by atoms with Crippen molar-refractivity contribution in [3.63, 3.8) is 0 Å². The van der Waals surface area contributed by atoms with Crippen LogP contribution in [0.4, 0.5) is 27.5 Å². The second-order valence-electron chi connectivity index (χ2n) is 8.70. The van der Waals surface area contributed by atoms with E-state index in [4.69, 9.17) is 16.3 Å². The number of aromatic nitrogens is 2. The van der Waals surface area contributed by atoms with Crippen molar-refractivity contribution in [3.8, 4) is 0 Å². The molecule has 1 saturated heterocycles. The Morgan fingerprint density at radius 1 is 1.29 bits per heavy atom. The van der Waals surface area contributed by atoms with Gasteiger partial charge in [0.1, 0.15) is 10.8 Å². The second kappa shape index (κ2) is 9.77. The maximum Gasteiger partial charge on any atom is 0.337 e. The maximum atomic E-state index is 14.4. The summed E-state index contributed by atoms with van der Waals surface area (Å²) in [4.78, 5) is 22.7. The van der Waals surface area contributed by atoms with Crippen molar-refractivity contribution in [2.75, 3.05) is 30.9 Å². The van der Waals surface area contributed by atoms with Crippen LogP contribution in [0.15, 0.2) is 42.6 Å². The van der Waals surface area contributed by atoms with Gasteiger partial charge in [0.05, 0.1) is 24.1 Å². The van der Waals surface area contributed by atoms with Crippen molar-refractivity contribution in [2.24, 2.45) is 0 Å². The summed E-state index contributed by atoms with van der Waals surface area (Å²) in [6, 6.07) is 11.0. The Bertz CT molecular complexity index is 1270. The average molecular weight is 498 g/mol. The van der Waals surface area contributed by atoms with E-state index in [1.807, 2.05) is 6.07 Å². The number of ether oxygens (including phenoxy) is 1. The summed E-state index contributed by atoms with van der Waals surface area (Å²) in [5, 5.41) is 15.4. The number of hydrogen-bond donors (Lipinski definition) is 3. The molecule has 5 rings (SSSR count). The maximum absolute atomic E-state index is 14.4. The Kier molecular flexibility index (Phi) is 6.55. The number of carbonyl (C=O) groups is 1. The van der Waals surface area contributed by atoms with Crippen LogP contribution in [0, 0.1) is 5.82 Å². The molecule has 0 spiro atoms. The van der Waals surface area contributed by atoms with Crippen molar-refractivity contribution in [2.45, 2.75) is 31.3 Å². The highest BCUT2D eigenvalue weighted by molar-refractivity contribution is 6.33. The molecule has 2 bridgehead atoms. The average Bonchev–Trinajstić information content (AvgIpc) is 3.13. The summed E-state index contributed by atoms with van der Waals surface area (Å²) in [6.45, 7) is 1.62. The summed E-state index contributed by atoms with van der Waals surface area (Å²) in [6.07, 6.45) is 4.70. The minimum absolute atomic E-state index is 0.0964. The lowest BCUT2D eigenvalue weighted by Gasteiger charge is -2.36. The van der Waals surface area contributed by atoms with E-state index < -0.39 is 11.8 Å². The smallest absolute Gasteiger partial charge is 0.337 e. The van der Waals surface area contributed by atoms with Gasteiger partial charge >= 0.3 is 5.97 Å². The van der Waals surface area contributed by atoms with Crippen molar-refractivity contribution in [3.05, 3.63) is 70.1 Å². The fraction of sp³-hybridized carbons (Fsp3) is 0.320. The minimum atomic E-state index is -1.27. The van der Waals surface area contributed by atoms with Crippen LogP contribution in [0.25, 0.3) is 0 Å². The highest BCUT2D eigenvalue weighted by Crippen LogP contribution is 2.44. The second-order valence-corrected chi connectivity index (χ2v) is 9.11. The molecule has 3 heterocycles. The normalized spacial score (nSPS) is 18.8. The quantitative estimate of drug-likeness (QED) is 0.392. The van der Waals surface area contributed by atoms with Gasteiger partial charge in [-0.3, -0.25) is 4.90 Å². The summed E-state index contributed by atoms with van der Waals surface area (Å²) in [5.41, 5.74) is 3.04. The van der Waals surface area contributed by atoms with Crippen LogP contribution in [-0.2, 0) is 11.2 Å². The SMILES string of the molecule is COCCN1C2CCC1c1cc(Nc3ncc(Cl)c(Nc4c(F)cccc4C(=O)O)n3)ccc1C2. The van der Waals surface area contributed by atoms with Crippen LogP contribution in [0.5, 0.6) is 0 Å². The van der Waals surface area contributed by atoms with E-state index in [0.29, 0.717) is 18.7 Å². The van der Waals surface area contributed by atoms with E-state index in [0.717, 1.165) is 25.1 Å². The van der Waals surface area contributed by atoms with Crippen LogP contribution >= 0.6 is 11.6 Å². The molecule has 182 valence electrons. The first-order valence-electron chi connectivity index (χ1n) is 11.4. The lowest BCUT2D eigenvalue weighted by molar-refractivity contribution is 0.0697. The van der Waals surface area contributed by atoms with E-state index >= 15 is 0 Å².